The summed E-state index contributed by atoms with van der Waals surface area (Å²) < 4.78 is 16.7. The van der Waals surface area contributed by atoms with E-state index in [1.165, 1.54) is 12.1 Å². The number of nitrogens with zero attached hydrogens (tertiary/aromatic N) is 1. The molecule has 1 aliphatic rings. The SMILES string of the molecule is Fc1cccc(Cl)c1.O=C(CC(O)c1cccc(Cl)c1)N1CCOC1=O. The Balaban J connectivity index is 0.000000254. The fourth-order valence-corrected chi connectivity index (χ4v) is 2.56. The summed E-state index contributed by atoms with van der Waals surface area (Å²) in [5.41, 5.74) is 0.545. The van der Waals surface area contributed by atoms with E-state index in [4.69, 9.17) is 23.2 Å². The third-order valence-electron chi connectivity index (χ3n) is 3.45. The van der Waals surface area contributed by atoms with E-state index in [0.29, 0.717) is 15.6 Å². The number of hydrogen-bond acceptors (Lipinski definition) is 4. The molecule has 26 heavy (non-hydrogen) atoms. The Morgan fingerprint density at radius 3 is 2.35 bits per heavy atom. The van der Waals surface area contributed by atoms with Crippen molar-refractivity contribution in [1.29, 1.82) is 0 Å². The maximum absolute atomic E-state index is 12.1. The van der Waals surface area contributed by atoms with Gasteiger partial charge in [0.2, 0.25) is 5.91 Å². The van der Waals surface area contributed by atoms with Crippen LogP contribution in [0, 0.1) is 5.82 Å². The molecule has 1 saturated heterocycles. The number of imide groups is 1. The molecular formula is C18H16Cl2FNO4. The average Bonchev–Trinajstić information content (AvgIpc) is 3.01. The number of hydrogen-bond donors (Lipinski definition) is 1. The molecule has 1 aliphatic heterocycles. The van der Waals surface area contributed by atoms with Crippen molar-refractivity contribution in [3.05, 3.63) is 70.0 Å². The summed E-state index contributed by atoms with van der Waals surface area (Å²) >= 11 is 11.2. The van der Waals surface area contributed by atoms with E-state index in [-0.39, 0.29) is 25.4 Å². The highest BCUT2D eigenvalue weighted by Crippen LogP contribution is 2.21. The van der Waals surface area contributed by atoms with Crippen LogP contribution in [0.4, 0.5) is 9.18 Å². The lowest BCUT2D eigenvalue weighted by Gasteiger charge is -2.14. The molecule has 1 N–H and O–H groups in total. The molecule has 0 radical (unpaired) electrons. The summed E-state index contributed by atoms with van der Waals surface area (Å²) in [7, 11) is 0. The average molecular weight is 400 g/mol. The highest BCUT2D eigenvalue weighted by atomic mass is 35.5. The quantitative estimate of drug-likeness (QED) is 0.838. The van der Waals surface area contributed by atoms with Crippen LogP contribution in [0.2, 0.25) is 10.0 Å². The van der Waals surface area contributed by atoms with Crippen molar-refractivity contribution in [3.63, 3.8) is 0 Å². The van der Waals surface area contributed by atoms with E-state index in [9.17, 15) is 19.1 Å². The van der Waals surface area contributed by atoms with Gasteiger partial charge >= 0.3 is 6.09 Å². The molecule has 1 unspecified atom stereocenters. The molecule has 5 nitrogen and oxygen atoms in total. The summed E-state index contributed by atoms with van der Waals surface area (Å²) in [5.74, 6) is -0.748. The highest BCUT2D eigenvalue weighted by Gasteiger charge is 2.29. The van der Waals surface area contributed by atoms with Gasteiger partial charge in [-0.05, 0) is 35.9 Å². The van der Waals surface area contributed by atoms with Crippen molar-refractivity contribution in [3.8, 4) is 0 Å². The van der Waals surface area contributed by atoms with E-state index in [2.05, 4.69) is 4.74 Å². The van der Waals surface area contributed by atoms with E-state index >= 15 is 0 Å². The van der Waals surface area contributed by atoms with Gasteiger partial charge in [0, 0.05) is 10.0 Å². The second kappa shape index (κ2) is 9.52. The standard InChI is InChI=1S/C12H12ClNO4.C6H4ClF/c13-9-3-1-2-8(6-9)10(15)7-11(16)14-4-5-18-12(14)17;7-5-2-1-3-6(8)4-5/h1-3,6,10,15H,4-5,7H2;1-4H. The summed E-state index contributed by atoms with van der Waals surface area (Å²) in [6, 6.07) is 12.4. The number of aliphatic hydroxyl groups excluding tert-OH is 1. The zero-order valence-electron chi connectivity index (χ0n) is 13.6. The minimum atomic E-state index is -0.982. The number of carbonyl (C=O) groups excluding carboxylic acids is 2. The molecular weight excluding hydrogens is 384 g/mol. The van der Waals surface area contributed by atoms with Gasteiger partial charge in [-0.25, -0.2) is 14.1 Å². The number of rotatable bonds is 3. The maximum atomic E-state index is 12.1. The third-order valence-corrected chi connectivity index (χ3v) is 3.92. The topological polar surface area (TPSA) is 66.8 Å². The number of ether oxygens (including phenoxy) is 1. The number of aliphatic hydroxyl groups is 1. The van der Waals surface area contributed by atoms with Gasteiger partial charge in [-0.1, -0.05) is 41.4 Å². The summed E-state index contributed by atoms with van der Waals surface area (Å²) in [6.45, 7) is 0.442. The molecule has 1 fully saturated rings. The second-order valence-corrected chi connectivity index (χ2v) is 6.25. The molecule has 0 aliphatic carbocycles. The van der Waals surface area contributed by atoms with Gasteiger partial charge in [-0.3, -0.25) is 4.79 Å². The fourth-order valence-electron chi connectivity index (χ4n) is 2.19. The molecule has 2 aromatic carbocycles. The molecule has 2 aromatic rings. The van der Waals surface area contributed by atoms with Crippen molar-refractivity contribution >= 4 is 35.2 Å². The largest absolute Gasteiger partial charge is 0.447 e. The number of carbonyl (C=O) groups is 2. The molecule has 3 rings (SSSR count). The Bertz CT molecular complexity index is 770. The molecule has 0 bridgehead atoms. The molecule has 0 aromatic heterocycles. The molecule has 138 valence electrons. The van der Waals surface area contributed by atoms with Crippen LogP contribution < -0.4 is 0 Å². The van der Waals surface area contributed by atoms with Crippen LogP contribution >= 0.6 is 23.2 Å². The van der Waals surface area contributed by atoms with E-state index in [1.54, 1.807) is 36.4 Å². The summed E-state index contributed by atoms with van der Waals surface area (Å²) in [5, 5.41) is 10.8. The van der Waals surface area contributed by atoms with Crippen LogP contribution in [0.25, 0.3) is 0 Å². The van der Waals surface area contributed by atoms with Crippen LogP contribution in [0.5, 0.6) is 0 Å². The van der Waals surface area contributed by atoms with Crippen molar-refractivity contribution in [2.24, 2.45) is 0 Å². The number of benzene rings is 2. The predicted molar refractivity (Wildman–Crippen MR) is 95.5 cm³/mol. The van der Waals surface area contributed by atoms with E-state index in [0.717, 1.165) is 4.90 Å². The first-order valence-electron chi connectivity index (χ1n) is 7.68. The third kappa shape index (κ3) is 5.98. The number of halogens is 3. The lowest BCUT2D eigenvalue weighted by molar-refractivity contribution is -0.129. The monoisotopic (exact) mass is 399 g/mol. The first-order chi connectivity index (χ1) is 12.4. The van der Waals surface area contributed by atoms with Gasteiger partial charge in [0.25, 0.3) is 0 Å². The first-order valence-corrected chi connectivity index (χ1v) is 8.44. The Hall–Kier alpha value is -2.15. The van der Waals surface area contributed by atoms with Gasteiger partial charge < -0.3 is 9.84 Å². The Kier molecular flexibility index (Phi) is 7.38. The van der Waals surface area contributed by atoms with E-state index < -0.39 is 18.1 Å². The van der Waals surface area contributed by atoms with Crippen LogP contribution in [-0.2, 0) is 9.53 Å². The molecule has 0 spiro atoms. The molecule has 8 heteroatoms. The van der Waals surface area contributed by atoms with Gasteiger partial charge in [0.15, 0.2) is 0 Å². The second-order valence-electron chi connectivity index (χ2n) is 5.37. The van der Waals surface area contributed by atoms with Crippen molar-refractivity contribution in [2.45, 2.75) is 12.5 Å². The van der Waals surface area contributed by atoms with Crippen LogP contribution in [0.3, 0.4) is 0 Å². The van der Waals surface area contributed by atoms with Crippen LogP contribution in [-0.4, -0.2) is 35.2 Å². The van der Waals surface area contributed by atoms with Gasteiger partial charge in [0.1, 0.15) is 12.4 Å². The van der Waals surface area contributed by atoms with Gasteiger partial charge in [-0.15, -0.1) is 0 Å². The minimum absolute atomic E-state index is 0.171. The molecule has 1 heterocycles. The smallest absolute Gasteiger partial charge is 0.416 e. The zero-order chi connectivity index (χ0) is 19.1. The Morgan fingerprint density at radius 2 is 1.85 bits per heavy atom. The summed E-state index contributed by atoms with van der Waals surface area (Å²) in [6.07, 6.45) is -1.81. The minimum Gasteiger partial charge on any atom is -0.447 e. The van der Waals surface area contributed by atoms with Crippen molar-refractivity contribution in [2.75, 3.05) is 13.2 Å². The van der Waals surface area contributed by atoms with Gasteiger partial charge in [-0.2, -0.15) is 0 Å². The summed E-state index contributed by atoms with van der Waals surface area (Å²) in [4.78, 5) is 23.9. The van der Waals surface area contributed by atoms with Crippen LogP contribution in [0.15, 0.2) is 48.5 Å². The molecule has 1 atom stereocenters. The van der Waals surface area contributed by atoms with Crippen LogP contribution in [0.1, 0.15) is 18.1 Å². The molecule has 0 saturated carbocycles. The normalized spacial score (nSPS) is 14.3. The lowest BCUT2D eigenvalue weighted by atomic mass is 10.1. The Labute approximate surface area is 159 Å². The first kappa shape index (κ1) is 20.2. The highest BCUT2D eigenvalue weighted by molar-refractivity contribution is 6.30. The van der Waals surface area contributed by atoms with Crippen molar-refractivity contribution in [1.82, 2.24) is 4.90 Å². The van der Waals surface area contributed by atoms with Gasteiger partial charge in [0.05, 0.1) is 19.1 Å². The maximum Gasteiger partial charge on any atom is 0.416 e. The number of amides is 2. The number of cyclic esters (lactones) is 1. The Morgan fingerprint density at radius 1 is 1.19 bits per heavy atom. The predicted octanol–water partition coefficient (Wildman–Crippen LogP) is 4.22. The van der Waals surface area contributed by atoms with E-state index in [1.807, 2.05) is 0 Å². The van der Waals surface area contributed by atoms with Crippen molar-refractivity contribution < 1.29 is 23.8 Å². The fraction of sp³-hybridized carbons (Fsp3) is 0.222. The zero-order valence-corrected chi connectivity index (χ0v) is 15.1. The molecule has 2 amide bonds. The lowest BCUT2D eigenvalue weighted by Crippen LogP contribution is -2.32.